The van der Waals surface area contributed by atoms with Crippen molar-refractivity contribution in [2.75, 3.05) is 13.2 Å². The van der Waals surface area contributed by atoms with Gasteiger partial charge in [-0.2, -0.15) is 0 Å². The van der Waals surface area contributed by atoms with Gasteiger partial charge in [0.25, 0.3) is 6.43 Å². The lowest BCUT2D eigenvalue weighted by Crippen LogP contribution is -2.35. The van der Waals surface area contributed by atoms with Crippen molar-refractivity contribution in [3.05, 3.63) is 23.8 Å². The van der Waals surface area contributed by atoms with Gasteiger partial charge in [-0.1, -0.05) is 13.0 Å². The molecule has 0 amide bonds. The van der Waals surface area contributed by atoms with Crippen molar-refractivity contribution >= 4 is 0 Å². The summed E-state index contributed by atoms with van der Waals surface area (Å²) in [7, 11) is 0. The second kappa shape index (κ2) is 8.17. The minimum Gasteiger partial charge on any atom is -0.493 e. The Morgan fingerprint density at radius 2 is 1.90 bits per heavy atom. The molecule has 0 heterocycles. The van der Waals surface area contributed by atoms with Gasteiger partial charge >= 0.3 is 0 Å². The highest BCUT2D eigenvalue weighted by Gasteiger charge is 2.13. The summed E-state index contributed by atoms with van der Waals surface area (Å²) in [6.07, 6.45) is -1.60. The summed E-state index contributed by atoms with van der Waals surface area (Å²) in [4.78, 5) is 0. The molecule has 0 aliphatic heterocycles. The summed E-state index contributed by atoms with van der Waals surface area (Å²) in [6.45, 7) is 8.68. The Labute approximate surface area is 125 Å². The van der Waals surface area contributed by atoms with E-state index in [0.29, 0.717) is 24.7 Å². The van der Waals surface area contributed by atoms with Gasteiger partial charge in [-0.25, -0.2) is 8.78 Å². The third-order valence-corrected chi connectivity index (χ3v) is 2.69. The molecule has 0 aliphatic carbocycles. The van der Waals surface area contributed by atoms with Gasteiger partial charge < -0.3 is 14.8 Å². The first-order valence-corrected chi connectivity index (χ1v) is 7.23. The molecule has 0 fully saturated rings. The van der Waals surface area contributed by atoms with E-state index in [0.717, 1.165) is 12.0 Å². The van der Waals surface area contributed by atoms with Gasteiger partial charge in [0, 0.05) is 23.7 Å². The van der Waals surface area contributed by atoms with Crippen molar-refractivity contribution in [2.24, 2.45) is 0 Å². The average molecular weight is 301 g/mol. The zero-order valence-electron chi connectivity index (χ0n) is 13.2. The van der Waals surface area contributed by atoms with E-state index in [4.69, 9.17) is 9.47 Å². The molecule has 1 aromatic carbocycles. The maximum atomic E-state index is 12.4. The molecule has 1 N–H and O–H groups in total. The van der Waals surface area contributed by atoms with E-state index in [-0.39, 0.29) is 5.54 Å². The van der Waals surface area contributed by atoms with Gasteiger partial charge in [-0.15, -0.1) is 0 Å². The van der Waals surface area contributed by atoms with Crippen molar-refractivity contribution in [3.8, 4) is 11.5 Å². The lowest BCUT2D eigenvalue weighted by Gasteiger charge is -2.22. The monoisotopic (exact) mass is 301 g/mol. The maximum absolute atomic E-state index is 12.4. The number of hydrogen-bond donors (Lipinski definition) is 1. The number of rotatable bonds is 8. The second-order valence-electron chi connectivity index (χ2n) is 5.92. The van der Waals surface area contributed by atoms with E-state index in [1.807, 2.05) is 39.8 Å². The van der Waals surface area contributed by atoms with Crippen LogP contribution in [0.1, 0.15) is 39.7 Å². The normalized spacial score (nSPS) is 11.8. The van der Waals surface area contributed by atoms with E-state index in [2.05, 4.69) is 5.32 Å². The molecular formula is C16H25F2NO2. The molecule has 0 aromatic heterocycles. The van der Waals surface area contributed by atoms with Crippen LogP contribution in [0, 0.1) is 0 Å². The molecule has 5 heteroatoms. The zero-order chi connectivity index (χ0) is 15.9. The number of ether oxygens (including phenoxy) is 2. The van der Waals surface area contributed by atoms with Crippen LogP contribution in [-0.2, 0) is 6.54 Å². The first kappa shape index (κ1) is 17.7. The SMILES string of the molecule is CCCOc1ccc(CNC(C)(C)C)c(OCC(F)F)c1. The predicted octanol–water partition coefficient (Wildman–Crippen LogP) is 4.01. The van der Waals surface area contributed by atoms with Gasteiger partial charge in [0.2, 0.25) is 0 Å². The van der Waals surface area contributed by atoms with E-state index >= 15 is 0 Å². The van der Waals surface area contributed by atoms with Crippen LogP contribution in [0.3, 0.4) is 0 Å². The van der Waals surface area contributed by atoms with E-state index in [9.17, 15) is 8.78 Å². The molecule has 3 nitrogen and oxygen atoms in total. The third kappa shape index (κ3) is 7.27. The van der Waals surface area contributed by atoms with E-state index < -0.39 is 13.0 Å². The minimum atomic E-state index is -2.49. The fraction of sp³-hybridized carbons (Fsp3) is 0.625. The second-order valence-corrected chi connectivity index (χ2v) is 5.92. The van der Waals surface area contributed by atoms with Gasteiger partial charge in [-0.05, 0) is 33.3 Å². The number of hydrogen-bond acceptors (Lipinski definition) is 3. The van der Waals surface area contributed by atoms with E-state index in [1.165, 1.54) is 0 Å². The molecule has 0 saturated carbocycles. The van der Waals surface area contributed by atoms with Gasteiger partial charge in [0.15, 0.2) is 0 Å². The van der Waals surface area contributed by atoms with Crippen molar-refractivity contribution in [2.45, 2.75) is 52.6 Å². The summed E-state index contributed by atoms with van der Waals surface area (Å²) in [6, 6.07) is 5.37. The molecule has 0 saturated heterocycles. The van der Waals surface area contributed by atoms with Crippen molar-refractivity contribution in [1.29, 1.82) is 0 Å². The standard InChI is InChI=1S/C16H25F2NO2/c1-5-8-20-13-7-6-12(10-19-16(2,3)4)14(9-13)21-11-15(17)18/h6-7,9,15,19H,5,8,10-11H2,1-4H3. The van der Waals surface area contributed by atoms with Crippen LogP contribution in [-0.4, -0.2) is 25.2 Å². The summed E-state index contributed by atoms with van der Waals surface area (Å²) >= 11 is 0. The van der Waals surface area contributed by atoms with Crippen LogP contribution in [0.25, 0.3) is 0 Å². The van der Waals surface area contributed by atoms with Crippen LogP contribution in [0.5, 0.6) is 11.5 Å². The molecule has 0 spiro atoms. The fourth-order valence-electron chi connectivity index (χ4n) is 1.64. The fourth-order valence-corrected chi connectivity index (χ4v) is 1.64. The van der Waals surface area contributed by atoms with Crippen LogP contribution in [0.4, 0.5) is 8.78 Å². The summed E-state index contributed by atoms with van der Waals surface area (Å²) < 4.78 is 35.4. The highest BCUT2D eigenvalue weighted by atomic mass is 19.3. The molecule has 0 bridgehead atoms. The molecular weight excluding hydrogens is 276 g/mol. The van der Waals surface area contributed by atoms with E-state index in [1.54, 1.807) is 6.07 Å². The Balaban J connectivity index is 2.82. The molecule has 120 valence electrons. The summed E-state index contributed by atoms with van der Waals surface area (Å²) in [5, 5.41) is 3.32. The number of halogens is 2. The third-order valence-electron chi connectivity index (χ3n) is 2.69. The average Bonchev–Trinajstić information content (AvgIpc) is 2.40. The highest BCUT2D eigenvalue weighted by molar-refractivity contribution is 5.40. The summed E-state index contributed by atoms with van der Waals surface area (Å²) in [5.41, 5.74) is 0.784. The Kier molecular flexibility index (Phi) is 6.89. The number of nitrogens with one attached hydrogen (secondary N) is 1. The number of alkyl halides is 2. The Morgan fingerprint density at radius 3 is 2.48 bits per heavy atom. The van der Waals surface area contributed by atoms with Gasteiger partial charge in [-0.3, -0.25) is 0 Å². The highest BCUT2D eigenvalue weighted by Crippen LogP contribution is 2.26. The van der Waals surface area contributed by atoms with Crippen molar-refractivity contribution in [1.82, 2.24) is 5.32 Å². The first-order chi connectivity index (χ1) is 9.81. The zero-order valence-corrected chi connectivity index (χ0v) is 13.2. The van der Waals surface area contributed by atoms with Crippen LogP contribution in [0.15, 0.2) is 18.2 Å². The van der Waals surface area contributed by atoms with Crippen molar-refractivity contribution in [3.63, 3.8) is 0 Å². The van der Waals surface area contributed by atoms with Crippen molar-refractivity contribution < 1.29 is 18.3 Å². The first-order valence-electron chi connectivity index (χ1n) is 7.23. The van der Waals surface area contributed by atoms with Gasteiger partial charge in [0.05, 0.1) is 6.61 Å². The van der Waals surface area contributed by atoms with Crippen LogP contribution in [0.2, 0.25) is 0 Å². The molecule has 0 unspecified atom stereocenters. The number of benzene rings is 1. The minimum absolute atomic E-state index is 0.0582. The molecule has 0 atom stereocenters. The Morgan fingerprint density at radius 1 is 1.19 bits per heavy atom. The molecule has 1 rings (SSSR count). The molecule has 21 heavy (non-hydrogen) atoms. The molecule has 0 radical (unpaired) electrons. The molecule has 1 aromatic rings. The molecule has 0 aliphatic rings. The lowest BCUT2D eigenvalue weighted by molar-refractivity contribution is 0.0811. The lowest BCUT2D eigenvalue weighted by atomic mass is 10.1. The Bertz CT molecular complexity index is 431. The quantitative estimate of drug-likeness (QED) is 0.787. The summed E-state index contributed by atoms with van der Waals surface area (Å²) in [5.74, 6) is 1.08. The van der Waals surface area contributed by atoms with Crippen LogP contribution < -0.4 is 14.8 Å². The smallest absolute Gasteiger partial charge is 0.272 e. The van der Waals surface area contributed by atoms with Crippen LogP contribution >= 0.6 is 0 Å². The largest absolute Gasteiger partial charge is 0.493 e. The predicted molar refractivity (Wildman–Crippen MR) is 80.3 cm³/mol. The Hall–Kier alpha value is -1.36. The maximum Gasteiger partial charge on any atom is 0.272 e. The topological polar surface area (TPSA) is 30.5 Å². The van der Waals surface area contributed by atoms with Gasteiger partial charge in [0.1, 0.15) is 18.1 Å².